The number of carbonyl (C=O) groups excluding carboxylic acids is 4. The summed E-state index contributed by atoms with van der Waals surface area (Å²) in [5.41, 5.74) is 0.701. The summed E-state index contributed by atoms with van der Waals surface area (Å²) in [6, 6.07) is 6.17. The van der Waals surface area contributed by atoms with Crippen LogP contribution in [-0.4, -0.2) is 35.6 Å². The molecule has 1 aromatic carbocycles. The first-order valence-corrected chi connectivity index (χ1v) is 7.99. The average Bonchev–Trinajstić information content (AvgIpc) is 2.89. The number of unbranched alkanes of at least 4 members (excludes halogenated alkanes) is 1. The van der Waals surface area contributed by atoms with Crippen LogP contribution >= 0.6 is 0 Å². The van der Waals surface area contributed by atoms with Gasteiger partial charge in [-0.05, 0) is 24.1 Å². The molecule has 1 aliphatic rings. The van der Waals surface area contributed by atoms with Crippen LogP contribution in [0.5, 0.6) is 5.75 Å². The molecule has 0 N–H and O–H groups in total. The Balaban J connectivity index is 1.81. The molecule has 25 heavy (non-hydrogen) atoms. The molecule has 2 amide bonds. The van der Waals surface area contributed by atoms with Gasteiger partial charge in [-0.15, -0.1) is 0 Å². The lowest BCUT2D eigenvalue weighted by molar-refractivity contribution is -0.174. The fourth-order valence-corrected chi connectivity index (χ4v) is 2.07. The summed E-state index contributed by atoms with van der Waals surface area (Å²) in [5, 5.41) is 0.406. The smallest absolute Gasteiger partial charge is 0.465 e. The molecule has 8 nitrogen and oxygen atoms in total. The number of esters is 1. The predicted octanol–water partition coefficient (Wildman–Crippen LogP) is 2.15. The van der Waals surface area contributed by atoms with Crippen LogP contribution < -0.4 is 4.74 Å². The third-order valence-electron chi connectivity index (χ3n) is 3.41. The van der Waals surface area contributed by atoms with Gasteiger partial charge in [0.1, 0.15) is 5.75 Å². The fraction of sp³-hybridized carbons (Fsp3) is 0.412. The molecule has 1 saturated heterocycles. The van der Waals surface area contributed by atoms with Crippen molar-refractivity contribution in [3.8, 4) is 5.75 Å². The van der Waals surface area contributed by atoms with Crippen molar-refractivity contribution in [1.82, 2.24) is 5.06 Å². The van der Waals surface area contributed by atoms with Crippen molar-refractivity contribution in [2.75, 3.05) is 6.61 Å². The van der Waals surface area contributed by atoms with Gasteiger partial charge in [0.2, 0.25) is 0 Å². The van der Waals surface area contributed by atoms with Crippen LogP contribution in [0.25, 0.3) is 0 Å². The Hall–Kier alpha value is -2.90. The number of rotatable bonds is 7. The van der Waals surface area contributed by atoms with E-state index in [2.05, 4.69) is 4.84 Å². The van der Waals surface area contributed by atoms with Gasteiger partial charge in [-0.1, -0.05) is 30.5 Å². The zero-order valence-corrected chi connectivity index (χ0v) is 13.9. The Morgan fingerprint density at radius 1 is 1.08 bits per heavy atom. The number of ether oxygens (including phenoxy) is 2. The van der Waals surface area contributed by atoms with Crippen molar-refractivity contribution in [2.24, 2.45) is 0 Å². The Kier molecular flexibility index (Phi) is 6.50. The second-order valence-electron chi connectivity index (χ2n) is 5.42. The minimum Gasteiger partial charge on any atom is -0.465 e. The van der Waals surface area contributed by atoms with Crippen molar-refractivity contribution in [2.45, 2.75) is 39.0 Å². The number of hydrogen-bond acceptors (Lipinski definition) is 7. The van der Waals surface area contributed by atoms with E-state index in [0.29, 0.717) is 17.2 Å². The molecule has 134 valence electrons. The van der Waals surface area contributed by atoms with Crippen molar-refractivity contribution in [3.05, 3.63) is 29.8 Å². The quantitative estimate of drug-likeness (QED) is 0.322. The van der Waals surface area contributed by atoms with Crippen LogP contribution in [0.1, 0.15) is 38.2 Å². The van der Waals surface area contributed by atoms with Gasteiger partial charge in [-0.25, -0.2) is 4.79 Å². The summed E-state index contributed by atoms with van der Waals surface area (Å²) in [6.07, 6.45) is 0.720. The van der Waals surface area contributed by atoms with Crippen LogP contribution in [0.2, 0.25) is 0 Å². The number of benzene rings is 1. The Morgan fingerprint density at radius 2 is 1.72 bits per heavy atom. The number of carbonyl (C=O) groups is 4. The van der Waals surface area contributed by atoms with Crippen molar-refractivity contribution >= 4 is 23.9 Å². The molecular weight excluding hydrogens is 330 g/mol. The van der Waals surface area contributed by atoms with Gasteiger partial charge in [0.15, 0.2) is 0 Å². The van der Waals surface area contributed by atoms with Crippen LogP contribution in [-0.2, 0) is 30.4 Å². The van der Waals surface area contributed by atoms with E-state index in [1.165, 1.54) is 12.1 Å². The molecule has 2 rings (SSSR count). The predicted molar refractivity (Wildman–Crippen MR) is 84.2 cm³/mol. The number of amides is 2. The second-order valence-corrected chi connectivity index (χ2v) is 5.42. The van der Waals surface area contributed by atoms with E-state index >= 15 is 0 Å². The van der Waals surface area contributed by atoms with Crippen LogP contribution in [0.3, 0.4) is 0 Å². The molecule has 1 heterocycles. The lowest BCUT2D eigenvalue weighted by Crippen LogP contribution is -2.33. The molecule has 0 aromatic heterocycles. The third kappa shape index (κ3) is 5.59. The SMILES string of the molecule is CCCCOC(=O)Cc1ccc(OC(=O)ON2C(=O)CCC2=O)cc1. The molecule has 0 bridgehead atoms. The summed E-state index contributed by atoms with van der Waals surface area (Å²) < 4.78 is 9.95. The summed E-state index contributed by atoms with van der Waals surface area (Å²) in [6.45, 7) is 2.41. The molecule has 0 radical (unpaired) electrons. The van der Waals surface area contributed by atoms with E-state index in [0.717, 1.165) is 12.8 Å². The molecule has 0 atom stereocenters. The van der Waals surface area contributed by atoms with Gasteiger partial charge in [0.05, 0.1) is 13.0 Å². The van der Waals surface area contributed by atoms with E-state index in [4.69, 9.17) is 9.47 Å². The molecule has 8 heteroatoms. The van der Waals surface area contributed by atoms with E-state index in [9.17, 15) is 19.2 Å². The zero-order chi connectivity index (χ0) is 18.2. The maximum Gasteiger partial charge on any atom is 0.539 e. The van der Waals surface area contributed by atoms with Gasteiger partial charge in [-0.3, -0.25) is 19.2 Å². The van der Waals surface area contributed by atoms with E-state index in [-0.39, 0.29) is 31.0 Å². The molecule has 0 unspecified atom stereocenters. The van der Waals surface area contributed by atoms with Crippen molar-refractivity contribution < 1.29 is 33.5 Å². The van der Waals surface area contributed by atoms with Crippen LogP contribution in [0.4, 0.5) is 4.79 Å². The fourth-order valence-electron chi connectivity index (χ4n) is 2.07. The number of imide groups is 1. The van der Waals surface area contributed by atoms with Crippen LogP contribution in [0.15, 0.2) is 24.3 Å². The highest BCUT2D eigenvalue weighted by molar-refractivity contribution is 6.01. The standard InChI is InChI=1S/C17H19NO7/c1-2-3-10-23-16(21)11-12-4-6-13(7-5-12)24-17(22)25-18-14(19)8-9-15(18)20/h4-7H,2-3,8-11H2,1H3. The molecule has 0 aliphatic carbocycles. The molecule has 1 aromatic rings. The lowest BCUT2D eigenvalue weighted by Gasteiger charge is -2.12. The summed E-state index contributed by atoms with van der Waals surface area (Å²) in [7, 11) is 0. The minimum atomic E-state index is -1.18. The van der Waals surface area contributed by atoms with Gasteiger partial charge in [0.25, 0.3) is 11.8 Å². The number of hydrogen-bond donors (Lipinski definition) is 0. The monoisotopic (exact) mass is 349 g/mol. The maximum atomic E-state index is 11.6. The molecular formula is C17H19NO7. The molecule has 0 saturated carbocycles. The third-order valence-corrected chi connectivity index (χ3v) is 3.41. The summed E-state index contributed by atoms with van der Waals surface area (Å²) in [5.74, 6) is -1.34. The van der Waals surface area contributed by atoms with Gasteiger partial charge in [-0.2, -0.15) is 0 Å². The average molecular weight is 349 g/mol. The summed E-state index contributed by atoms with van der Waals surface area (Å²) in [4.78, 5) is 50.5. The zero-order valence-electron chi connectivity index (χ0n) is 13.9. The topological polar surface area (TPSA) is 99.2 Å². The number of hydroxylamine groups is 2. The highest BCUT2D eigenvalue weighted by atomic mass is 16.8. The first kappa shape index (κ1) is 18.4. The van der Waals surface area contributed by atoms with Crippen molar-refractivity contribution in [1.29, 1.82) is 0 Å². The molecule has 1 fully saturated rings. The first-order valence-electron chi connectivity index (χ1n) is 7.99. The van der Waals surface area contributed by atoms with Crippen molar-refractivity contribution in [3.63, 3.8) is 0 Å². The van der Waals surface area contributed by atoms with E-state index < -0.39 is 18.0 Å². The molecule has 0 spiro atoms. The maximum absolute atomic E-state index is 11.6. The largest absolute Gasteiger partial charge is 0.539 e. The van der Waals surface area contributed by atoms with Gasteiger partial charge < -0.3 is 9.47 Å². The normalized spacial score (nSPS) is 13.7. The minimum absolute atomic E-state index is 0.00909. The highest BCUT2D eigenvalue weighted by Crippen LogP contribution is 2.16. The van der Waals surface area contributed by atoms with Gasteiger partial charge in [0, 0.05) is 12.8 Å². The molecule has 1 aliphatic heterocycles. The lowest BCUT2D eigenvalue weighted by atomic mass is 10.1. The second kappa shape index (κ2) is 8.81. The first-order chi connectivity index (χ1) is 12.0. The summed E-state index contributed by atoms with van der Waals surface area (Å²) >= 11 is 0. The Bertz CT molecular complexity index is 637. The van der Waals surface area contributed by atoms with Crippen LogP contribution in [0, 0.1) is 0 Å². The Morgan fingerprint density at radius 3 is 2.32 bits per heavy atom. The number of nitrogens with zero attached hydrogens (tertiary/aromatic N) is 1. The van der Waals surface area contributed by atoms with Gasteiger partial charge >= 0.3 is 12.1 Å². The Labute approximate surface area is 144 Å². The highest BCUT2D eigenvalue weighted by Gasteiger charge is 2.33. The van der Waals surface area contributed by atoms with E-state index in [1.54, 1.807) is 12.1 Å². The van der Waals surface area contributed by atoms with E-state index in [1.807, 2.05) is 6.92 Å².